The van der Waals surface area contributed by atoms with Crippen molar-refractivity contribution in [3.05, 3.63) is 64.7 Å². The molecule has 0 spiro atoms. The minimum Gasteiger partial charge on any atom is -0.336 e. The third-order valence-corrected chi connectivity index (χ3v) is 4.20. The van der Waals surface area contributed by atoms with Crippen LogP contribution in [-0.2, 0) is 6.54 Å². The second-order valence-corrected chi connectivity index (χ2v) is 6.08. The number of nitrogens with zero attached hydrogens (tertiary/aromatic N) is 1. The molecule has 24 heavy (non-hydrogen) atoms. The Kier molecular flexibility index (Phi) is 4.51. The highest BCUT2D eigenvalue weighted by molar-refractivity contribution is 6.05. The van der Waals surface area contributed by atoms with Crippen molar-refractivity contribution < 1.29 is 9.59 Å². The Morgan fingerprint density at radius 2 is 2.00 bits per heavy atom. The van der Waals surface area contributed by atoms with Crippen LogP contribution in [0.3, 0.4) is 0 Å². The number of para-hydroxylation sites is 1. The van der Waals surface area contributed by atoms with E-state index in [4.69, 9.17) is 0 Å². The molecule has 1 fully saturated rings. The third-order valence-electron chi connectivity index (χ3n) is 4.20. The monoisotopic (exact) mass is 323 g/mol. The van der Waals surface area contributed by atoms with Crippen molar-refractivity contribution in [2.24, 2.45) is 0 Å². The number of carbonyl (C=O) groups excluding carboxylic acids is 2. The molecule has 0 radical (unpaired) electrons. The van der Waals surface area contributed by atoms with Gasteiger partial charge in [0.25, 0.3) is 5.91 Å². The maximum atomic E-state index is 12.6. The number of benzene rings is 2. The highest BCUT2D eigenvalue weighted by Gasteiger charge is 2.21. The molecule has 0 aliphatic carbocycles. The lowest BCUT2D eigenvalue weighted by atomic mass is 10.0. The van der Waals surface area contributed by atoms with Crippen LogP contribution < -0.4 is 10.6 Å². The van der Waals surface area contributed by atoms with E-state index in [2.05, 4.69) is 10.6 Å². The Morgan fingerprint density at radius 3 is 2.71 bits per heavy atom. The zero-order valence-corrected chi connectivity index (χ0v) is 13.9. The molecule has 1 heterocycles. The van der Waals surface area contributed by atoms with Gasteiger partial charge in [-0.15, -0.1) is 0 Å². The molecule has 2 aromatic carbocycles. The van der Waals surface area contributed by atoms with Gasteiger partial charge in [0.05, 0.1) is 0 Å². The average Bonchev–Trinajstić information content (AvgIpc) is 2.94. The van der Waals surface area contributed by atoms with E-state index in [0.29, 0.717) is 25.2 Å². The number of aryl methyl sites for hydroxylation is 2. The van der Waals surface area contributed by atoms with Gasteiger partial charge in [-0.3, -0.25) is 4.79 Å². The number of urea groups is 1. The van der Waals surface area contributed by atoms with E-state index in [0.717, 1.165) is 22.4 Å². The van der Waals surface area contributed by atoms with Gasteiger partial charge in [-0.25, -0.2) is 4.79 Å². The zero-order chi connectivity index (χ0) is 17.1. The summed E-state index contributed by atoms with van der Waals surface area (Å²) in [4.78, 5) is 26.1. The minimum atomic E-state index is -0.133. The molecule has 124 valence electrons. The summed E-state index contributed by atoms with van der Waals surface area (Å²) in [6.45, 7) is 5.76. The Morgan fingerprint density at radius 1 is 1.21 bits per heavy atom. The second-order valence-electron chi connectivity index (χ2n) is 6.08. The van der Waals surface area contributed by atoms with Crippen LogP contribution in [0.5, 0.6) is 0 Å². The van der Waals surface area contributed by atoms with Crippen molar-refractivity contribution in [3.8, 4) is 0 Å². The highest BCUT2D eigenvalue weighted by atomic mass is 16.2. The molecule has 2 aromatic rings. The molecule has 0 saturated carbocycles. The van der Waals surface area contributed by atoms with E-state index in [1.54, 1.807) is 4.90 Å². The maximum Gasteiger partial charge on any atom is 0.317 e. The van der Waals surface area contributed by atoms with Crippen molar-refractivity contribution in [1.82, 2.24) is 10.2 Å². The quantitative estimate of drug-likeness (QED) is 0.908. The van der Waals surface area contributed by atoms with Crippen molar-refractivity contribution in [3.63, 3.8) is 0 Å². The molecule has 3 amide bonds. The van der Waals surface area contributed by atoms with E-state index < -0.39 is 0 Å². The van der Waals surface area contributed by atoms with Gasteiger partial charge in [0.15, 0.2) is 0 Å². The lowest BCUT2D eigenvalue weighted by molar-refractivity contribution is 0.102. The Labute approximate surface area is 141 Å². The fourth-order valence-electron chi connectivity index (χ4n) is 2.91. The molecule has 1 aliphatic rings. The smallest absolute Gasteiger partial charge is 0.317 e. The van der Waals surface area contributed by atoms with Crippen LogP contribution in [0.15, 0.2) is 42.5 Å². The fraction of sp³-hybridized carbons (Fsp3) is 0.263. The number of hydrogen-bond donors (Lipinski definition) is 2. The number of carbonyl (C=O) groups is 2. The lowest BCUT2D eigenvalue weighted by Crippen LogP contribution is -2.28. The maximum absolute atomic E-state index is 12.6. The van der Waals surface area contributed by atoms with Crippen LogP contribution in [-0.4, -0.2) is 29.9 Å². The van der Waals surface area contributed by atoms with Gasteiger partial charge < -0.3 is 15.5 Å². The van der Waals surface area contributed by atoms with Crippen LogP contribution in [0, 0.1) is 13.8 Å². The van der Waals surface area contributed by atoms with Crippen molar-refractivity contribution >= 4 is 17.6 Å². The van der Waals surface area contributed by atoms with E-state index in [-0.39, 0.29) is 11.9 Å². The molecule has 5 nitrogen and oxygen atoms in total. The van der Waals surface area contributed by atoms with Gasteiger partial charge in [-0.1, -0.05) is 35.9 Å². The highest BCUT2D eigenvalue weighted by Crippen LogP contribution is 2.20. The molecule has 0 aromatic heterocycles. The van der Waals surface area contributed by atoms with Crippen molar-refractivity contribution in [2.45, 2.75) is 20.4 Å². The molecular formula is C19H21N3O2. The summed E-state index contributed by atoms with van der Waals surface area (Å²) in [5.41, 5.74) is 4.40. The number of amides is 3. The van der Waals surface area contributed by atoms with Gasteiger partial charge in [0.1, 0.15) is 0 Å². The summed E-state index contributed by atoms with van der Waals surface area (Å²) in [6.07, 6.45) is 0. The first kappa shape index (κ1) is 16.1. The molecule has 3 rings (SSSR count). The number of hydrogen-bond acceptors (Lipinski definition) is 2. The first-order chi connectivity index (χ1) is 11.5. The molecule has 5 heteroatoms. The summed E-state index contributed by atoms with van der Waals surface area (Å²) in [5.74, 6) is -0.133. The molecule has 0 atom stereocenters. The van der Waals surface area contributed by atoms with Crippen LogP contribution in [0.2, 0.25) is 0 Å². The van der Waals surface area contributed by atoms with Crippen molar-refractivity contribution in [2.75, 3.05) is 18.4 Å². The number of nitrogens with one attached hydrogen (secondary N) is 2. The van der Waals surface area contributed by atoms with Gasteiger partial charge in [0, 0.05) is 30.9 Å². The Bertz CT molecular complexity index is 786. The van der Waals surface area contributed by atoms with Crippen molar-refractivity contribution in [1.29, 1.82) is 0 Å². The summed E-state index contributed by atoms with van der Waals surface area (Å²) in [5, 5.41) is 5.77. The SMILES string of the molecule is Cc1ccc(C(=O)Nc2ccccc2CN2CCNC2=O)c(C)c1. The van der Waals surface area contributed by atoms with Gasteiger partial charge in [0.2, 0.25) is 0 Å². The standard InChI is InChI=1S/C19H21N3O2/c1-13-7-8-16(14(2)11-13)18(23)21-17-6-4-3-5-15(17)12-22-10-9-20-19(22)24/h3-8,11H,9-10,12H2,1-2H3,(H,20,24)(H,21,23). The molecule has 1 aliphatic heterocycles. The number of rotatable bonds is 4. The van der Waals surface area contributed by atoms with Gasteiger partial charge in [-0.05, 0) is 37.1 Å². The predicted molar refractivity (Wildman–Crippen MR) is 94.1 cm³/mol. The first-order valence-corrected chi connectivity index (χ1v) is 8.04. The lowest BCUT2D eigenvalue weighted by Gasteiger charge is -2.17. The molecule has 0 bridgehead atoms. The van der Waals surface area contributed by atoms with Crippen LogP contribution in [0.4, 0.5) is 10.5 Å². The zero-order valence-electron chi connectivity index (χ0n) is 13.9. The van der Waals surface area contributed by atoms with Gasteiger partial charge in [-0.2, -0.15) is 0 Å². The van der Waals surface area contributed by atoms with Crippen LogP contribution in [0.25, 0.3) is 0 Å². The largest absolute Gasteiger partial charge is 0.336 e. The topological polar surface area (TPSA) is 61.4 Å². The summed E-state index contributed by atoms with van der Waals surface area (Å²) in [7, 11) is 0. The predicted octanol–water partition coefficient (Wildman–Crippen LogP) is 3.08. The van der Waals surface area contributed by atoms with E-state index in [9.17, 15) is 9.59 Å². The molecular weight excluding hydrogens is 302 g/mol. The average molecular weight is 323 g/mol. The molecule has 1 saturated heterocycles. The third kappa shape index (κ3) is 3.40. The van der Waals surface area contributed by atoms with Crippen LogP contribution in [0.1, 0.15) is 27.0 Å². The Hall–Kier alpha value is -2.82. The second kappa shape index (κ2) is 6.74. The Balaban J connectivity index is 1.79. The first-order valence-electron chi connectivity index (χ1n) is 8.04. The normalized spacial score (nSPS) is 13.8. The molecule has 0 unspecified atom stereocenters. The van der Waals surface area contributed by atoms with Gasteiger partial charge >= 0.3 is 6.03 Å². The summed E-state index contributed by atoms with van der Waals surface area (Å²) in [6, 6.07) is 13.3. The summed E-state index contributed by atoms with van der Waals surface area (Å²) >= 11 is 0. The van der Waals surface area contributed by atoms with E-state index >= 15 is 0 Å². The fourth-order valence-corrected chi connectivity index (χ4v) is 2.91. The van der Waals surface area contributed by atoms with Crippen LogP contribution >= 0.6 is 0 Å². The minimum absolute atomic E-state index is 0.0643. The van der Waals surface area contributed by atoms with E-state index in [1.165, 1.54) is 0 Å². The number of anilines is 1. The van der Waals surface area contributed by atoms with E-state index in [1.807, 2.05) is 56.3 Å². The molecule has 2 N–H and O–H groups in total. The summed E-state index contributed by atoms with van der Waals surface area (Å²) < 4.78 is 0.